The van der Waals surface area contributed by atoms with Crippen molar-refractivity contribution in [2.45, 2.75) is 89.1 Å². The molecule has 1 aliphatic carbocycles. The van der Waals surface area contributed by atoms with Gasteiger partial charge in [-0.3, -0.25) is 4.79 Å². The van der Waals surface area contributed by atoms with E-state index in [1.54, 1.807) is 39.1 Å². The van der Waals surface area contributed by atoms with Crippen LogP contribution in [-0.2, 0) is 16.0 Å². The Morgan fingerprint density at radius 2 is 1.92 bits per heavy atom. The Bertz CT molecular complexity index is 1150. The van der Waals surface area contributed by atoms with E-state index >= 15 is 0 Å². The molecular weight excluding hydrogens is 501 g/mol. The van der Waals surface area contributed by atoms with Gasteiger partial charge in [0.15, 0.2) is 5.65 Å². The number of nitrogens with one attached hydrogen (secondary N) is 2. The fraction of sp³-hybridized carbons (Fsp3) is 0.667. The van der Waals surface area contributed by atoms with Crippen molar-refractivity contribution in [2.24, 2.45) is 11.8 Å². The fourth-order valence-electron chi connectivity index (χ4n) is 4.85. The first-order valence-corrected chi connectivity index (χ1v) is 12.2. The number of imidazole rings is 1. The SMILES string of the molecule is CC(C)(C)OC(=O)N[C@H](c1cn2nc(CC3C[C@@H](C(F)(F)F)NC3=O)ccc2n1)C1CCC(F)(F)CC1. The number of fused-ring (bicyclic) bond motifs is 1. The van der Waals surface area contributed by atoms with Crippen LogP contribution in [0.15, 0.2) is 18.3 Å². The Morgan fingerprint density at radius 3 is 2.51 bits per heavy atom. The molecule has 2 aliphatic rings. The van der Waals surface area contributed by atoms with Crippen LogP contribution in [0.25, 0.3) is 5.65 Å². The fourth-order valence-corrected chi connectivity index (χ4v) is 4.85. The number of rotatable bonds is 5. The molecule has 1 saturated carbocycles. The van der Waals surface area contributed by atoms with Crippen LogP contribution < -0.4 is 10.6 Å². The first kappa shape index (κ1) is 27.1. The molecule has 1 saturated heterocycles. The summed E-state index contributed by atoms with van der Waals surface area (Å²) in [5.41, 5.74) is 0.441. The monoisotopic (exact) mass is 531 g/mol. The predicted molar refractivity (Wildman–Crippen MR) is 122 cm³/mol. The van der Waals surface area contributed by atoms with Gasteiger partial charge < -0.3 is 15.4 Å². The average molecular weight is 532 g/mol. The van der Waals surface area contributed by atoms with E-state index in [9.17, 15) is 31.5 Å². The molecule has 204 valence electrons. The van der Waals surface area contributed by atoms with Crippen LogP contribution in [-0.4, -0.2) is 50.3 Å². The molecule has 4 rings (SSSR count). The third kappa shape index (κ3) is 6.67. The molecule has 8 nitrogen and oxygen atoms in total. The van der Waals surface area contributed by atoms with Crippen LogP contribution in [0.4, 0.5) is 26.7 Å². The van der Waals surface area contributed by atoms with E-state index in [-0.39, 0.29) is 44.4 Å². The highest BCUT2D eigenvalue weighted by atomic mass is 19.4. The van der Waals surface area contributed by atoms with Crippen molar-refractivity contribution in [3.05, 3.63) is 29.7 Å². The van der Waals surface area contributed by atoms with Crippen LogP contribution in [0.3, 0.4) is 0 Å². The number of alkyl halides is 5. The van der Waals surface area contributed by atoms with Crippen molar-refractivity contribution in [1.29, 1.82) is 0 Å². The van der Waals surface area contributed by atoms with Crippen molar-refractivity contribution in [3.8, 4) is 0 Å². The van der Waals surface area contributed by atoms with Crippen molar-refractivity contribution in [3.63, 3.8) is 0 Å². The van der Waals surface area contributed by atoms with Gasteiger partial charge >= 0.3 is 12.3 Å². The van der Waals surface area contributed by atoms with E-state index in [2.05, 4.69) is 15.4 Å². The summed E-state index contributed by atoms with van der Waals surface area (Å²) >= 11 is 0. The lowest BCUT2D eigenvalue weighted by atomic mass is 9.81. The van der Waals surface area contributed by atoms with Gasteiger partial charge in [0.05, 0.1) is 23.6 Å². The van der Waals surface area contributed by atoms with Gasteiger partial charge in [-0.1, -0.05) is 0 Å². The second-order valence-corrected chi connectivity index (χ2v) is 10.9. The zero-order valence-electron chi connectivity index (χ0n) is 20.7. The minimum absolute atomic E-state index is 0.0131. The summed E-state index contributed by atoms with van der Waals surface area (Å²) in [6.07, 6.45) is -4.27. The summed E-state index contributed by atoms with van der Waals surface area (Å²) in [5, 5.41) is 9.16. The quantitative estimate of drug-likeness (QED) is 0.544. The number of alkyl carbamates (subject to hydrolysis) is 1. The summed E-state index contributed by atoms with van der Waals surface area (Å²) in [6.45, 7) is 5.13. The third-order valence-electron chi connectivity index (χ3n) is 6.68. The highest BCUT2D eigenvalue weighted by Gasteiger charge is 2.47. The molecular formula is C24H30F5N5O3. The van der Waals surface area contributed by atoms with Crippen LogP contribution in [0.2, 0.25) is 0 Å². The molecule has 3 heterocycles. The normalized spacial score (nSPS) is 23.6. The molecule has 13 heteroatoms. The van der Waals surface area contributed by atoms with E-state index in [0.29, 0.717) is 17.0 Å². The molecule has 1 aliphatic heterocycles. The van der Waals surface area contributed by atoms with E-state index in [0.717, 1.165) is 0 Å². The summed E-state index contributed by atoms with van der Waals surface area (Å²) < 4.78 is 73.3. The lowest BCUT2D eigenvalue weighted by Gasteiger charge is -2.33. The molecule has 2 aromatic heterocycles. The maximum Gasteiger partial charge on any atom is 0.408 e. The summed E-state index contributed by atoms with van der Waals surface area (Å²) in [5.74, 6) is -4.60. The minimum atomic E-state index is -4.51. The maximum absolute atomic E-state index is 13.8. The molecule has 0 bridgehead atoms. The topological polar surface area (TPSA) is 97.6 Å². The van der Waals surface area contributed by atoms with Gasteiger partial charge in [-0.05, 0) is 58.1 Å². The molecule has 1 unspecified atom stereocenters. The Kier molecular flexibility index (Phi) is 7.10. The summed E-state index contributed by atoms with van der Waals surface area (Å²) in [7, 11) is 0. The first-order chi connectivity index (χ1) is 17.1. The number of ether oxygens (including phenoxy) is 1. The van der Waals surface area contributed by atoms with Gasteiger partial charge in [0.2, 0.25) is 11.8 Å². The van der Waals surface area contributed by atoms with E-state index in [1.165, 1.54) is 4.52 Å². The van der Waals surface area contributed by atoms with Gasteiger partial charge in [0, 0.05) is 25.2 Å². The van der Waals surface area contributed by atoms with Crippen molar-refractivity contribution in [1.82, 2.24) is 25.2 Å². The second-order valence-electron chi connectivity index (χ2n) is 10.9. The zero-order chi connectivity index (χ0) is 27.2. The maximum atomic E-state index is 13.8. The standard InChI is InChI=1S/C24H30F5N5O3/c1-22(2,3)37-21(36)32-19(13-6-8-23(25,26)9-7-13)16-12-34-18(30-16)5-4-15(33-34)10-14-11-17(24(27,28)29)31-20(14)35/h4-5,12-14,17,19H,6-11H2,1-3H3,(H,31,35)(H,32,36)/t14?,17-,19-/m0/s1. The van der Waals surface area contributed by atoms with Gasteiger partial charge in [-0.15, -0.1) is 0 Å². The van der Waals surface area contributed by atoms with Crippen molar-refractivity contribution in [2.75, 3.05) is 0 Å². The highest BCUT2D eigenvalue weighted by Crippen LogP contribution is 2.41. The number of hydrogen-bond donors (Lipinski definition) is 2. The number of halogens is 5. The van der Waals surface area contributed by atoms with Crippen molar-refractivity contribution >= 4 is 17.6 Å². The Morgan fingerprint density at radius 1 is 1.24 bits per heavy atom. The van der Waals surface area contributed by atoms with Crippen molar-refractivity contribution < 1.29 is 36.3 Å². The Balaban J connectivity index is 1.55. The molecule has 2 amide bonds. The molecule has 0 aromatic carbocycles. The number of nitrogens with zero attached hydrogens (tertiary/aromatic N) is 3. The smallest absolute Gasteiger partial charge is 0.408 e. The third-order valence-corrected chi connectivity index (χ3v) is 6.68. The van der Waals surface area contributed by atoms with Gasteiger partial charge in [0.25, 0.3) is 0 Å². The largest absolute Gasteiger partial charge is 0.444 e. The minimum Gasteiger partial charge on any atom is -0.444 e. The average Bonchev–Trinajstić information content (AvgIpc) is 3.34. The van der Waals surface area contributed by atoms with Crippen LogP contribution in [0, 0.1) is 11.8 Å². The molecule has 0 spiro atoms. The first-order valence-electron chi connectivity index (χ1n) is 12.2. The molecule has 2 N–H and O–H groups in total. The van der Waals surface area contributed by atoms with Gasteiger partial charge in [-0.25, -0.2) is 23.1 Å². The molecule has 2 aromatic rings. The number of aromatic nitrogens is 3. The van der Waals surface area contributed by atoms with Gasteiger partial charge in [0.1, 0.15) is 11.6 Å². The summed E-state index contributed by atoms with van der Waals surface area (Å²) in [6, 6.07) is 0.609. The van der Waals surface area contributed by atoms with Crippen LogP contribution in [0.5, 0.6) is 0 Å². The zero-order valence-corrected chi connectivity index (χ0v) is 20.7. The lowest BCUT2D eigenvalue weighted by molar-refractivity contribution is -0.154. The van der Waals surface area contributed by atoms with Gasteiger partial charge in [-0.2, -0.15) is 18.3 Å². The second kappa shape index (κ2) is 9.71. The van der Waals surface area contributed by atoms with E-state index in [1.807, 2.05) is 5.32 Å². The van der Waals surface area contributed by atoms with E-state index in [4.69, 9.17) is 4.74 Å². The Labute approximate surface area is 210 Å². The number of amides is 2. The molecule has 37 heavy (non-hydrogen) atoms. The molecule has 0 radical (unpaired) electrons. The molecule has 3 atom stereocenters. The van der Waals surface area contributed by atoms with Crippen LogP contribution in [0.1, 0.15) is 70.3 Å². The number of carbonyl (C=O) groups excluding carboxylic acids is 2. The lowest BCUT2D eigenvalue weighted by Crippen LogP contribution is -2.40. The molecule has 2 fully saturated rings. The van der Waals surface area contributed by atoms with Crippen LogP contribution >= 0.6 is 0 Å². The Hall–Kier alpha value is -2.99. The van der Waals surface area contributed by atoms with E-state index < -0.39 is 47.7 Å². The summed E-state index contributed by atoms with van der Waals surface area (Å²) in [4.78, 5) is 29.1. The predicted octanol–water partition coefficient (Wildman–Crippen LogP) is 4.73. The highest BCUT2D eigenvalue weighted by molar-refractivity contribution is 5.81. The number of carbonyl (C=O) groups is 2. The number of hydrogen-bond acceptors (Lipinski definition) is 5.